The van der Waals surface area contributed by atoms with Gasteiger partial charge in [0, 0.05) is 10.0 Å². The van der Waals surface area contributed by atoms with Crippen molar-refractivity contribution in [1.29, 1.82) is 0 Å². The predicted octanol–water partition coefficient (Wildman–Crippen LogP) is 0.714. The first kappa shape index (κ1) is 11.5. The molecule has 2 rings (SSSR count). The number of carbonyl (C=O) groups is 2. The lowest BCUT2D eigenvalue weighted by atomic mass is 10.1. The number of hydrogen-bond donors (Lipinski definition) is 0. The molecule has 0 saturated carbocycles. The second-order valence-corrected chi connectivity index (χ2v) is 4.17. The summed E-state index contributed by atoms with van der Waals surface area (Å²) in [7, 11) is 0. The summed E-state index contributed by atoms with van der Waals surface area (Å²) in [4.78, 5) is 21.4. The summed E-state index contributed by atoms with van der Waals surface area (Å²) < 4.78 is 1.64. The molecule has 0 amide bonds. The van der Waals surface area contributed by atoms with Gasteiger partial charge < -0.3 is 9.90 Å². The van der Waals surface area contributed by atoms with E-state index in [1.54, 1.807) is 24.3 Å². The van der Waals surface area contributed by atoms with Crippen molar-refractivity contribution < 1.29 is 14.7 Å². The van der Waals surface area contributed by atoms with Crippen LogP contribution in [0.25, 0.3) is 11.3 Å². The Labute approximate surface area is 105 Å². The number of nitrogens with zero attached hydrogens (tertiary/aromatic N) is 2. The summed E-state index contributed by atoms with van der Waals surface area (Å²) >= 11 is 3.29. The Morgan fingerprint density at radius 3 is 2.47 bits per heavy atom. The van der Waals surface area contributed by atoms with Crippen LogP contribution in [0.2, 0.25) is 0 Å². The van der Waals surface area contributed by atoms with Gasteiger partial charge in [-0.3, -0.25) is 4.79 Å². The average Bonchev–Trinajstić information content (AvgIpc) is 2.74. The van der Waals surface area contributed by atoms with Crippen molar-refractivity contribution in [3.8, 4) is 11.3 Å². The highest BCUT2D eigenvalue weighted by Gasteiger charge is 2.09. The van der Waals surface area contributed by atoms with Gasteiger partial charge in [0.2, 0.25) is 6.41 Å². The molecule has 1 heterocycles. The van der Waals surface area contributed by atoms with Crippen LogP contribution in [0.1, 0.15) is 10.5 Å². The molecule has 1 aromatic carbocycles. The molecule has 0 radical (unpaired) electrons. The van der Waals surface area contributed by atoms with Gasteiger partial charge in [-0.1, -0.05) is 28.1 Å². The summed E-state index contributed by atoms with van der Waals surface area (Å²) in [6.07, 6.45) is 0.327. The first-order chi connectivity index (χ1) is 8.11. The lowest BCUT2D eigenvalue weighted by Gasteiger charge is -1.98. The third-order valence-electron chi connectivity index (χ3n) is 2.18. The Hall–Kier alpha value is -1.95. The molecule has 86 valence electrons. The molecular weight excluding hydrogens is 288 g/mol. The van der Waals surface area contributed by atoms with E-state index in [-0.39, 0.29) is 5.69 Å². The highest BCUT2D eigenvalue weighted by molar-refractivity contribution is 9.10. The van der Waals surface area contributed by atoms with Crippen LogP contribution < -0.4 is 5.11 Å². The monoisotopic (exact) mass is 293 g/mol. The van der Waals surface area contributed by atoms with E-state index in [1.807, 2.05) is 0 Å². The van der Waals surface area contributed by atoms with E-state index in [1.165, 1.54) is 6.07 Å². The van der Waals surface area contributed by atoms with E-state index in [4.69, 9.17) is 0 Å². The fourth-order valence-corrected chi connectivity index (χ4v) is 1.65. The molecule has 0 aliphatic heterocycles. The second-order valence-electron chi connectivity index (χ2n) is 3.26. The van der Waals surface area contributed by atoms with Gasteiger partial charge in [-0.05, 0) is 18.2 Å². The molecule has 17 heavy (non-hydrogen) atoms. The minimum Gasteiger partial charge on any atom is -0.543 e. The van der Waals surface area contributed by atoms with Crippen molar-refractivity contribution in [2.45, 2.75) is 0 Å². The lowest BCUT2D eigenvalue weighted by Crippen LogP contribution is -2.25. The van der Waals surface area contributed by atoms with Crippen molar-refractivity contribution in [2.24, 2.45) is 0 Å². The molecule has 0 atom stereocenters. The number of hydrogen-bond acceptors (Lipinski definition) is 4. The molecule has 0 spiro atoms. The molecule has 1 aromatic heterocycles. The van der Waals surface area contributed by atoms with Crippen LogP contribution in [0.15, 0.2) is 34.8 Å². The summed E-state index contributed by atoms with van der Waals surface area (Å²) in [5.41, 5.74) is 0.859. The number of carbonyl (C=O) groups excluding carboxylic acids is 2. The molecule has 0 aliphatic rings. The molecule has 0 bridgehead atoms. The zero-order chi connectivity index (χ0) is 12.4. The van der Waals surface area contributed by atoms with Crippen LogP contribution in [0, 0.1) is 0 Å². The van der Waals surface area contributed by atoms with Crippen LogP contribution >= 0.6 is 15.9 Å². The first-order valence-electron chi connectivity index (χ1n) is 4.64. The highest BCUT2D eigenvalue weighted by atomic mass is 79.9. The number of aromatic carboxylic acids is 1. The van der Waals surface area contributed by atoms with Gasteiger partial charge in [0.1, 0.15) is 0 Å². The van der Waals surface area contributed by atoms with Crippen LogP contribution in [-0.2, 0) is 4.79 Å². The van der Waals surface area contributed by atoms with E-state index in [9.17, 15) is 14.7 Å². The van der Waals surface area contributed by atoms with Crippen molar-refractivity contribution in [3.63, 3.8) is 0 Å². The SMILES string of the molecule is O=Cn1nc(-c2ccc(Br)cc2)cc1C(=O)[O-]. The molecule has 0 saturated heterocycles. The summed E-state index contributed by atoms with van der Waals surface area (Å²) in [6.45, 7) is 0. The zero-order valence-electron chi connectivity index (χ0n) is 8.46. The fourth-order valence-electron chi connectivity index (χ4n) is 1.39. The molecule has 0 aliphatic carbocycles. The smallest absolute Gasteiger partial charge is 0.234 e. The molecule has 2 aromatic rings. The lowest BCUT2D eigenvalue weighted by molar-refractivity contribution is -0.255. The molecule has 5 nitrogen and oxygen atoms in total. The fraction of sp³-hybridized carbons (Fsp3) is 0. The van der Waals surface area contributed by atoms with Crippen molar-refractivity contribution >= 4 is 28.3 Å². The highest BCUT2D eigenvalue weighted by Crippen LogP contribution is 2.21. The maximum atomic E-state index is 10.7. The van der Waals surface area contributed by atoms with Gasteiger partial charge in [-0.15, -0.1) is 0 Å². The van der Waals surface area contributed by atoms with Crippen LogP contribution in [-0.4, -0.2) is 22.2 Å². The van der Waals surface area contributed by atoms with Crippen molar-refractivity contribution in [2.75, 3.05) is 0 Å². The molecule has 0 N–H and O–H groups in total. The normalized spacial score (nSPS) is 10.2. The maximum absolute atomic E-state index is 10.7. The Bertz CT molecular complexity index is 575. The second kappa shape index (κ2) is 4.50. The summed E-state index contributed by atoms with van der Waals surface area (Å²) in [5.74, 6) is -1.44. The molecule has 0 fully saturated rings. The van der Waals surface area contributed by atoms with E-state index in [0.717, 1.165) is 14.7 Å². The predicted molar refractivity (Wildman–Crippen MR) is 61.8 cm³/mol. The van der Waals surface area contributed by atoms with E-state index < -0.39 is 5.97 Å². The van der Waals surface area contributed by atoms with Crippen molar-refractivity contribution in [1.82, 2.24) is 9.78 Å². The van der Waals surface area contributed by atoms with Gasteiger partial charge in [-0.2, -0.15) is 5.10 Å². The zero-order valence-corrected chi connectivity index (χ0v) is 10.0. The summed E-state index contributed by atoms with van der Waals surface area (Å²) in [6, 6.07) is 8.43. The Kier molecular flexibility index (Phi) is 3.06. The number of carboxylic acid groups (broad SMARTS) is 1. The Balaban J connectivity index is 2.50. The molecule has 6 heteroatoms. The third kappa shape index (κ3) is 2.26. The number of halogens is 1. The summed E-state index contributed by atoms with van der Waals surface area (Å²) in [5, 5.41) is 14.6. The third-order valence-corrected chi connectivity index (χ3v) is 2.71. The topological polar surface area (TPSA) is 75.0 Å². The minimum absolute atomic E-state index is 0.266. The largest absolute Gasteiger partial charge is 0.543 e. The van der Waals surface area contributed by atoms with Gasteiger partial charge >= 0.3 is 0 Å². The van der Waals surface area contributed by atoms with Gasteiger partial charge in [0.05, 0.1) is 17.4 Å². The van der Waals surface area contributed by atoms with Gasteiger partial charge in [0.25, 0.3) is 0 Å². The van der Waals surface area contributed by atoms with Crippen LogP contribution in [0.4, 0.5) is 0 Å². The van der Waals surface area contributed by atoms with E-state index in [0.29, 0.717) is 12.1 Å². The number of aromatic nitrogens is 2. The quantitative estimate of drug-likeness (QED) is 0.781. The number of rotatable bonds is 3. The van der Waals surface area contributed by atoms with E-state index >= 15 is 0 Å². The standard InChI is InChI=1S/C11H7BrN2O3/c12-8-3-1-7(2-4-8)9-5-10(11(16)17)14(6-15)13-9/h1-6H,(H,16,17)/p-1. The minimum atomic E-state index is -1.44. The number of carboxylic acids is 1. The van der Waals surface area contributed by atoms with E-state index in [2.05, 4.69) is 21.0 Å². The van der Waals surface area contributed by atoms with Crippen LogP contribution in [0.5, 0.6) is 0 Å². The van der Waals surface area contributed by atoms with Gasteiger partial charge in [-0.25, -0.2) is 4.68 Å². The maximum Gasteiger partial charge on any atom is 0.234 e. The first-order valence-corrected chi connectivity index (χ1v) is 5.43. The van der Waals surface area contributed by atoms with Crippen LogP contribution in [0.3, 0.4) is 0 Å². The number of benzene rings is 1. The average molecular weight is 294 g/mol. The Morgan fingerprint density at radius 2 is 2.00 bits per heavy atom. The van der Waals surface area contributed by atoms with Crippen molar-refractivity contribution in [3.05, 3.63) is 40.5 Å². The molecule has 0 unspecified atom stereocenters. The Morgan fingerprint density at radius 1 is 1.35 bits per heavy atom. The molecular formula is C11H6BrN2O3-. The van der Waals surface area contributed by atoms with Gasteiger partial charge in [0.15, 0.2) is 0 Å².